The zero-order valence-electron chi connectivity index (χ0n) is 19.8. The van der Waals surface area contributed by atoms with Crippen LogP contribution in [0.25, 0.3) is 23.1 Å². The highest BCUT2D eigenvalue weighted by molar-refractivity contribution is 5.93. The van der Waals surface area contributed by atoms with Crippen molar-refractivity contribution in [3.8, 4) is 0 Å². The van der Waals surface area contributed by atoms with Gasteiger partial charge < -0.3 is 20.1 Å². The summed E-state index contributed by atoms with van der Waals surface area (Å²) in [6, 6.07) is 17.8. The third-order valence-corrected chi connectivity index (χ3v) is 7.50. The highest BCUT2D eigenvalue weighted by Gasteiger charge is 2.40. The molecule has 3 aromatic rings. The Hall–Kier alpha value is -3.05. The second kappa shape index (κ2) is 9.06. The van der Waals surface area contributed by atoms with E-state index in [0.717, 1.165) is 32.5 Å². The molecule has 2 aliphatic rings. The number of hydrogen-bond acceptors (Lipinski definition) is 2. The van der Waals surface area contributed by atoms with Crippen molar-refractivity contribution in [2.75, 3.05) is 26.7 Å². The smallest absolute Gasteiger partial charge is 0.317 e. The SMILES string of the molecule is CCN(CC)C(=O)N[C@H]1CC2c3cccc4[nH]c(C=Cc5ccccc5)c(c34)C[C@H]2N(C)C1. The molecule has 172 valence electrons. The van der Waals surface area contributed by atoms with E-state index in [9.17, 15) is 4.79 Å². The van der Waals surface area contributed by atoms with Crippen molar-refractivity contribution in [2.24, 2.45) is 0 Å². The van der Waals surface area contributed by atoms with Crippen LogP contribution in [0.5, 0.6) is 0 Å². The number of amides is 2. The molecule has 0 spiro atoms. The number of fused-ring (bicyclic) bond motifs is 2. The molecule has 2 N–H and O–H groups in total. The summed E-state index contributed by atoms with van der Waals surface area (Å²) in [6.45, 7) is 6.43. The molecular formula is C28H34N4O. The molecule has 1 aromatic heterocycles. The van der Waals surface area contributed by atoms with Gasteiger partial charge in [-0.3, -0.25) is 0 Å². The van der Waals surface area contributed by atoms with Gasteiger partial charge in [0, 0.05) is 54.2 Å². The second-order valence-electron chi connectivity index (χ2n) is 9.40. The summed E-state index contributed by atoms with van der Waals surface area (Å²) in [4.78, 5) is 20.7. The number of carbonyl (C=O) groups is 1. The lowest BCUT2D eigenvalue weighted by molar-refractivity contribution is 0.124. The van der Waals surface area contributed by atoms with Crippen molar-refractivity contribution in [3.63, 3.8) is 0 Å². The highest BCUT2D eigenvalue weighted by atomic mass is 16.2. The lowest BCUT2D eigenvalue weighted by Gasteiger charge is -2.46. The summed E-state index contributed by atoms with van der Waals surface area (Å²) in [5, 5.41) is 4.70. The minimum absolute atomic E-state index is 0.0570. The van der Waals surface area contributed by atoms with Gasteiger partial charge >= 0.3 is 6.03 Å². The second-order valence-corrected chi connectivity index (χ2v) is 9.40. The average Bonchev–Trinajstić information content (AvgIpc) is 3.18. The van der Waals surface area contributed by atoms with Gasteiger partial charge in [0.05, 0.1) is 0 Å². The number of piperidine rings is 1. The van der Waals surface area contributed by atoms with Crippen LogP contribution >= 0.6 is 0 Å². The number of rotatable bonds is 5. The van der Waals surface area contributed by atoms with Crippen LogP contribution in [0.1, 0.15) is 48.6 Å². The van der Waals surface area contributed by atoms with Gasteiger partial charge in [0.2, 0.25) is 0 Å². The highest BCUT2D eigenvalue weighted by Crippen LogP contribution is 2.44. The maximum absolute atomic E-state index is 12.7. The Morgan fingerprint density at radius 3 is 2.67 bits per heavy atom. The molecule has 1 saturated heterocycles. The molecule has 1 unspecified atom stereocenters. The van der Waals surface area contributed by atoms with Gasteiger partial charge in [-0.1, -0.05) is 48.5 Å². The Kier molecular flexibility index (Phi) is 5.98. The lowest BCUT2D eigenvalue weighted by Crippen LogP contribution is -2.56. The molecule has 1 aliphatic heterocycles. The first kappa shape index (κ1) is 21.8. The summed E-state index contributed by atoms with van der Waals surface area (Å²) >= 11 is 0. The fourth-order valence-corrected chi connectivity index (χ4v) is 5.82. The molecule has 33 heavy (non-hydrogen) atoms. The van der Waals surface area contributed by atoms with Crippen molar-refractivity contribution in [3.05, 3.63) is 70.9 Å². The van der Waals surface area contributed by atoms with Gasteiger partial charge in [0.1, 0.15) is 0 Å². The maximum atomic E-state index is 12.7. The van der Waals surface area contributed by atoms with Gasteiger partial charge in [-0.2, -0.15) is 0 Å². The van der Waals surface area contributed by atoms with Crippen molar-refractivity contribution in [2.45, 2.75) is 44.7 Å². The quantitative estimate of drug-likeness (QED) is 0.577. The molecule has 1 aliphatic carbocycles. The van der Waals surface area contributed by atoms with E-state index in [1.807, 2.05) is 24.8 Å². The zero-order valence-corrected chi connectivity index (χ0v) is 19.8. The van der Waals surface area contributed by atoms with Gasteiger partial charge in [-0.25, -0.2) is 4.79 Å². The number of H-pyrrole nitrogens is 1. The van der Waals surface area contributed by atoms with E-state index in [1.54, 1.807) is 0 Å². The topological polar surface area (TPSA) is 51.4 Å². The molecule has 5 heteroatoms. The molecule has 3 atom stereocenters. The fraction of sp³-hybridized carbons (Fsp3) is 0.393. The first-order valence-electron chi connectivity index (χ1n) is 12.2. The minimum atomic E-state index is 0.0570. The minimum Gasteiger partial charge on any atom is -0.355 e. The largest absolute Gasteiger partial charge is 0.355 e. The number of nitrogens with one attached hydrogen (secondary N) is 2. The number of nitrogens with zero attached hydrogens (tertiary/aromatic N) is 2. The molecule has 5 rings (SSSR count). The number of likely N-dealkylation sites (tertiary alicyclic amines) is 1. The van der Waals surface area contributed by atoms with Crippen molar-refractivity contribution in [1.29, 1.82) is 0 Å². The van der Waals surface area contributed by atoms with Crippen LogP contribution < -0.4 is 5.32 Å². The third kappa shape index (κ3) is 4.06. The standard InChI is InChI=1S/C28H34N4O/c1-4-32(5-2)28(33)29-20-16-22-21-12-9-13-25-27(21)23(17-26(22)31(3)18-20)24(30-25)15-14-19-10-7-6-8-11-19/h6-15,20,22,26,30H,4-5,16-18H2,1-3H3,(H,29,33)/t20-,22?,26+/m0/s1. The van der Waals surface area contributed by atoms with Crippen molar-refractivity contribution < 1.29 is 4.79 Å². The van der Waals surface area contributed by atoms with E-state index >= 15 is 0 Å². The van der Waals surface area contributed by atoms with E-state index in [1.165, 1.54) is 33.3 Å². The molecule has 5 nitrogen and oxygen atoms in total. The van der Waals surface area contributed by atoms with Gasteiger partial charge in [0.25, 0.3) is 0 Å². The summed E-state index contributed by atoms with van der Waals surface area (Å²) in [5.41, 5.74) is 6.48. The van der Waals surface area contributed by atoms with Crippen molar-refractivity contribution >= 4 is 29.1 Å². The number of urea groups is 1. The predicted molar refractivity (Wildman–Crippen MR) is 136 cm³/mol. The predicted octanol–water partition coefficient (Wildman–Crippen LogP) is 5.10. The molecule has 2 aromatic carbocycles. The average molecular weight is 443 g/mol. The molecule has 0 bridgehead atoms. The van der Waals surface area contributed by atoms with Crippen LogP contribution in [0.2, 0.25) is 0 Å². The van der Waals surface area contributed by atoms with Crippen LogP contribution in [-0.2, 0) is 6.42 Å². The molecular weight excluding hydrogens is 408 g/mol. The van der Waals surface area contributed by atoms with Gasteiger partial charge in [0.15, 0.2) is 0 Å². The zero-order chi connectivity index (χ0) is 22.9. The Labute approximate surface area is 196 Å². The maximum Gasteiger partial charge on any atom is 0.317 e. The lowest BCUT2D eigenvalue weighted by atomic mass is 9.73. The number of aromatic nitrogens is 1. The molecule has 1 fully saturated rings. The van der Waals surface area contributed by atoms with E-state index in [2.05, 4.69) is 76.9 Å². The first-order valence-corrected chi connectivity index (χ1v) is 12.2. The Morgan fingerprint density at radius 2 is 1.91 bits per heavy atom. The normalized spacial score (nSPS) is 22.5. The van der Waals surface area contributed by atoms with Crippen molar-refractivity contribution in [1.82, 2.24) is 20.1 Å². The molecule has 2 heterocycles. The summed E-state index contributed by atoms with van der Waals surface area (Å²) in [7, 11) is 2.21. The molecule has 0 radical (unpaired) electrons. The van der Waals surface area contributed by atoms with E-state index in [4.69, 9.17) is 0 Å². The summed E-state index contributed by atoms with van der Waals surface area (Å²) in [6.07, 6.45) is 6.44. The Balaban J connectivity index is 1.45. The number of aromatic amines is 1. The van der Waals surface area contributed by atoms with E-state index in [0.29, 0.717) is 12.0 Å². The number of likely N-dealkylation sites (N-methyl/N-ethyl adjacent to an activating group) is 1. The van der Waals surface area contributed by atoms with Crippen LogP contribution in [0.3, 0.4) is 0 Å². The molecule has 0 saturated carbocycles. The van der Waals surface area contributed by atoms with Crippen LogP contribution in [-0.4, -0.2) is 59.6 Å². The summed E-state index contributed by atoms with van der Waals surface area (Å²) < 4.78 is 0. The first-order chi connectivity index (χ1) is 16.1. The fourth-order valence-electron chi connectivity index (χ4n) is 5.82. The number of hydrogen-bond donors (Lipinski definition) is 2. The van der Waals surface area contributed by atoms with E-state index in [-0.39, 0.29) is 12.1 Å². The summed E-state index contributed by atoms with van der Waals surface area (Å²) in [5.74, 6) is 0.420. The van der Waals surface area contributed by atoms with Crippen LogP contribution in [0.4, 0.5) is 4.79 Å². The van der Waals surface area contributed by atoms with Gasteiger partial charge in [-0.15, -0.1) is 0 Å². The number of benzene rings is 2. The molecule has 2 amide bonds. The monoisotopic (exact) mass is 442 g/mol. The third-order valence-electron chi connectivity index (χ3n) is 7.50. The van der Waals surface area contributed by atoms with E-state index < -0.39 is 0 Å². The Bertz CT molecular complexity index is 1160. The van der Waals surface area contributed by atoms with Gasteiger partial charge in [-0.05, 0) is 62.6 Å². The number of carbonyl (C=O) groups excluding carboxylic acids is 1. The van der Waals surface area contributed by atoms with Crippen LogP contribution in [0.15, 0.2) is 48.5 Å². The Morgan fingerprint density at radius 1 is 1.12 bits per heavy atom. The van der Waals surface area contributed by atoms with Crippen LogP contribution in [0, 0.1) is 0 Å².